The Morgan fingerprint density at radius 1 is 0.318 bits per heavy atom. The highest BCUT2D eigenvalue weighted by Gasteiger charge is 2.54. The Morgan fingerprint density at radius 2 is 0.682 bits per heavy atom. The summed E-state index contributed by atoms with van der Waals surface area (Å²) in [6.45, 7) is 0. The molecular formula is C62H60N4. The van der Waals surface area contributed by atoms with Crippen molar-refractivity contribution >= 4 is 17.1 Å². The van der Waals surface area contributed by atoms with Crippen molar-refractivity contribution in [2.24, 2.45) is 0 Å². The normalized spacial score (nSPS) is 22.8. The van der Waals surface area contributed by atoms with Gasteiger partial charge in [-0.1, -0.05) is 177 Å². The van der Waals surface area contributed by atoms with Crippen LogP contribution in [0.25, 0.3) is 33.4 Å². The van der Waals surface area contributed by atoms with E-state index in [1.165, 1.54) is 117 Å². The van der Waals surface area contributed by atoms with Gasteiger partial charge in [0.05, 0.1) is 24.2 Å². The topological polar surface area (TPSA) is 13.0 Å². The number of allylic oxidation sites excluding steroid dienone is 8. The molecule has 328 valence electrons. The van der Waals surface area contributed by atoms with Crippen LogP contribution in [-0.4, -0.2) is 29.1 Å². The second-order valence-electron chi connectivity index (χ2n) is 19.2. The van der Waals surface area contributed by atoms with Gasteiger partial charge in [-0.2, -0.15) is 0 Å². The summed E-state index contributed by atoms with van der Waals surface area (Å²) < 4.78 is 0. The first-order chi connectivity index (χ1) is 32.8. The lowest BCUT2D eigenvalue weighted by atomic mass is 9.88. The molecule has 0 aromatic heterocycles. The highest BCUT2D eigenvalue weighted by molar-refractivity contribution is 5.76. The van der Waals surface area contributed by atoms with Gasteiger partial charge < -0.3 is 19.6 Å². The molecule has 4 atom stereocenters. The number of hydrogen-bond acceptors (Lipinski definition) is 4. The number of nitrogens with zero attached hydrogens (tertiary/aromatic N) is 4. The van der Waals surface area contributed by atoms with Crippen molar-refractivity contribution in [2.75, 3.05) is 14.7 Å². The molecule has 0 N–H and O–H groups in total. The van der Waals surface area contributed by atoms with Gasteiger partial charge in [-0.25, -0.2) is 0 Å². The molecule has 4 heteroatoms. The van der Waals surface area contributed by atoms with Crippen LogP contribution in [0.1, 0.15) is 77.0 Å². The SMILES string of the molecule is C1=CCCC(C2=CC=C(N3C(=C4N(c5ccc(-c6ccccc6)cc5)C5CCCCC5N4c4ccc(-c5ccccc5)cc4)N(c4ccc(-c5ccccc5)cc4)C4CCCCC43)CC2)=C1. The van der Waals surface area contributed by atoms with Crippen LogP contribution in [-0.2, 0) is 0 Å². The van der Waals surface area contributed by atoms with Crippen LogP contribution >= 0.6 is 0 Å². The van der Waals surface area contributed by atoms with E-state index in [1.54, 1.807) is 0 Å². The van der Waals surface area contributed by atoms with Crippen LogP contribution in [0.3, 0.4) is 0 Å². The first-order valence-electron chi connectivity index (χ1n) is 24.9. The fourth-order valence-corrected chi connectivity index (χ4v) is 12.3. The van der Waals surface area contributed by atoms with Crippen molar-refractivity contribution in [1.29, 1.82) is 0 Å². The molecule has 2 heterocycles. The van der Waals surface area contributed by atoms with Gasteiger partial charge in [0.15, 0.2) is 11.6 Å². The zero-order valence-electron chi connectivity index (χ0n) is 38.1. The quantitative estimate of drug-likeness (QED) is 0.151. The maximum Gasteiger partial charge on any atom is 0.156 e. The van der Waals surface area contributed by atoms with E-state index in [0.717, 1.165) is 38.5 Å². The van der Waals surface area contributed by atoms with Crippen molar-refractivity contribution in [1.82, 2.24) is 4.90 Å². The van der Waals surface area contributed by atoms with Gasteiger partial charge in [0.1, 0.15) is 0 Å². The van der Waals surface area contributed by atoms with Crippen molar-refractivity contribution in [2.45, 2.75) is 101 Å². The van der Waals surface area contributed by atoms with Gasteiger partial charge >= 0.3 is 0 Å². The van der Waals surface area contributed by atoms with Crippen LogP contribution < -0.4 is 14.7 Å². The van der Waals surface area contributed by atoms with E-state index in [-0.39, 0.29) is 0 Å². The first kappa shape index (κ1) is 40.7. The van der Waals surface area contributed by atoms with Gasteiger partial charge in [-0.15, -0.1) is 0 Å². The molecule has 4 unspecified atom stereocenters. The van der Waals surface area contributed by atoms with Gasteiger partial charge in [-0.3, -0.25) is 0 Å². The largest absolute Gasteiger partial charge is 0.323 e. The molecule has 2 saturated heterocycles. The number of hydrogen-bond donors (Lipinski definition) is 0. The lowest BCUT2D eigenvalue weighted by Crippen LogP contribution is -2.40. The molecule has 2 aliphatic heterocycles. The molecule has 4 fully saturated rings. The maximum atomic E-state index is 2.89. The number of fused-ring (bicyclic) bond motifs is 2. The van der Waals surface area contributed by atoms with Gasteiger partial charge in [0.25, 0.3) is 0 Å². The third-order valence-electron chi connectivity index (χ3n) is 15.4. The predicted molar refractivity (Wildman–Crippen MR) is 276 cm³/mol. The minimum Gasteiger partial charge on any atom is -0.323 e. The summed E-state index contributed by atoms with van der Waals surface area (Å²) in [5.41, 5.74) is 15.9. The van der Waals surface area contributed by atoms with Gasteiger partial charge in [-0.05, 0) is 138 Å². The third-order valence-corrected chi connectivity index (χ3v) is 15.4. The summed E-state index contributed by atoms with van der Waals surface area (Å²) in [5.74, 6) is 2.69. The second kappa shape index (κ2) is 17.9. The van der Waals surface area contributed by atoms with E-state index < -0.39 is 0 Å². The monoisotopic (exact) mass is 860 g/mol. The lowest BCUT2D eigenvalue weighted by molar-refractivity contribution is 0.265. The number of benzene rings is 6. The van der Waals surface area contributed by atoms with Crippen molar-refractivity contribution in [3.63, 3.8) is 0 Å². The zero-order chi connectivity index (χ0) is 43.8. The highest BCUT2D eigenvalue weighted by atomic mass is 15.5. The summed E-state index contributed by atoms with van der Waals surface area (Å²) in [4.78, 5) is 11.4. The molecule has 66 heavy (non-hydrogen) atoms. The number of anilines is 3. The van der Waals surface area contributed by atoms with Gasteiger partial charge in [0.2, 0.25) is 0 Å². The molecule has 2 saturated carbocycles. The molecule has 0 spiro atoms. The molecule has 0 bridgehead atoms. The fraction of sp³-hybridized carbons (Fsp3) is 0.258. The van der Waals surface area contributed by atoms with E-state index in [9.17, 15) is 0 Å². The Hall–Kier alpha value is -6.78. The van der Waals surface area contributed by atoms with E-state index in [1.807, 2.05) is 0 Å². The minimum absolute atomic E-state index is 0.336. The highest BCUT2D eigenvalue weighted by Crippen LogP contribution is 2.52. The Bertz CT molecular complexity index is 2720. The van der Waals surface area contributed by atoms with Crippen LogP contribution in [0.2, 0.25) is 0 Å². The number of rotatable bonds is 8. The smallest absolute Gasteiger partial charge is 0.156 e. The summed E-state index contributed by atoms with van der Waals surface area (Å²) in [6, 6.07) is 62.7. The molecule has 4 nitrogen and oxygen atoms in total. The van der Waals surface area contributed by atoms with E-state index in [2.05, 4.69) is 214 Å². The summed E-state index contributed by atoms with van der Waals surface area (Å²) >= 11 is 0. The van der Waals surface area contributed by atoms with Crippen LogP contribution in [0, 0.1) is 0 Å². The first-order valence-corrected chi connectivity index (χ1v) is 24.9. The molecule has 6 aromatic carbocycles. The Labute approximate surface area is 392 Å². The molecule has 6 aromatic rings. The standard InChI is InChI=1S/C62H60N4/c1-5-17-45(18-6-1)49-29-37-53(38-30-49)63-57-25-13-14-26-58(57)64(54-39-31-50(32-40-54)46-19-7-2-8-20-46)61(63)62-65(55-41-33-51(34-42-55)47-21-9-3-10-22-47)59-27-15-16-28-60(59)66(62)56-43-35-52(36-44-56)48-23-11-4-12-24-48/h1-11,17-23,29-35,37-43,57-60H,12-16,24-28,36,44H2. The Balaban J connectivity index is 1.09. The van der Waals surface area contributed by atoms with Gasteiger partial charge in [0, 0.05) is 22.8 Å². The average molecular weight is 861 g/mol. The maximum absolute atomic E-state index is 2.89. The van der Waals surface area contributed by atoms with Crippen molar-refractivity contribution in [3.05, 3.63) is 223 Å². The van der Waals surface area contributed by atoms with Crippen LogP contribution in [0.15, 0.2) is 223 Å². The fourth-order valence-electron chi connectivity index (χ4n) is 12.3. The lowest BCUT2D eigenvalue weighted by Gasteiger charge is -2.37. The molecular weight excluding hydrogens is 801 g/mol. The van der Waals surface area contributed by atoms with E-state index in [4.69, 9.17) is 0 Å². The zero-order valence-corrected chi connectivity index (χ0v) is 38.1. The molecule has 6 aliphatic rings. The summed E-state index contributed by atoms with van der Waals surface area (Å²) in [6.07, 6.45) is 26.0. The van der Waals surface area contributed by atoms with Crippen LogP contribution in [0.4, 0.5) is 17.1 Å². The predicted octanol–water partition coefficient (Wildman–Crippen LogP) is 15.5. The van der Waals surface area contributed by atoms with E-state index in [0.29, 0.717) is 24.2 Å². The summed E-state index contributed by atoms with van der Waals surface area (Å²) in [7, 11) is 0. The minimum atomic E-state index is 0.336. The summed E-state index contributed by atoms with van der Waals surface area (Å²) in [5, 5.41) is 0. The second-order valence-corrected chi connectivity index (χ2v) is 19.2. The molecule has 12 rings (SSSR count). The van der Waals surface area contributed by atoms with Crippen molar-refractivity contribution in [3.8, 4) is 33.4 Å². The van der Waals surface area contributed by atoms with Crippen molar-refractivity contribution < 1.29 is 0 Å². The van der Waals surface area contributed by atoms with E-state index >= 15 is 0 Å². The average Bonchev–Trinajstić information content (AvgIpc) is 3.93. The van der Waals surface area contributed by atoms with Crippen LogP contribution in [0.5, 0.6) is 0 Å². The third kappa shape index (κ3) is 7.51. The Morgan fingerprint density at radius 3 is 1.05 bits per heavy atom. The Kier molecular flexibility index (Phi) is 11.0. The molecule has 0 amide bonds. The molecule has 0 radical (unpaired) electrons. The molecule has 4 aliphatic carbocycles.